The second-order valence-corrected chi connectivity index (χ2v) is 8.51. The number of carbonyl (C=O) groups is 1. The summed E-state index contributed by atoms with van der Waals surface area (Å²) >= 11 is 0. The van der Waals surface area contributed by atoms with E-state index in [1.165, 1.54) is 31.2 Å². The summed E-state index contributed by atoms with van der Waals surface area (Å²) in [4.78, 5) is 11.2. The van der Waals surface area contributed by atoms with Gasteiger partial charge in [-0.05, 0) is 43.2 Å². The van der Waals surface area contributed by atoms with Crippen LogP contribution in [0, 0.1) is 18.7 Å². The summed E-state index contributed by atoms with van der Waals surface area (Å²) < 4.78 is 49.1. The van der Waals surface area contributed by atoms with Crippen molar-refractivity contribution in [3.63, 3.8) is 0 Å². The predicted octanol–water partition coefficient (Wildman–Crippen LogP) is 3.36. The van der Waals surface area contributed by atoms with Crippen LogP contribution in [-0.4, -0.2) is 27.6 Å². The van der Waals surface area contributed by atoms with E-state index in [2.05, 4.69) is 0 Å². The quantitative estimate of drug-likeness (QED) is 0.534. The fraction of sp³-hybridized carbons (Fsp3) is 0.350. The van der Waals surface area contributed by atoms with Gasteiger partial charge in [0.1, 0.15) is 5.82 Å². The first kappa shape index (κ1) is 19.5. The zero-order valence-corrected chi connectivity index (χ0v) is 16.0. The van der Waals surface area contributed by atoms with Crippen molar-refractivity contribution >= 4 is 16.1 Å². The van der Waals surface area contributed by atoms with E-state index in [-0.39, 0.29) is 24.0 Å². The molecule has 0 aliphatic heterocycles. The van der Waals surface area contributed by atoms with Crippen molar-refractivity contribution < 1.29 is 26.5 Å². The second kappa shape index (κ2) is 7.40. The van der Waals surface area contributed by atoms with Gasteiger partial charge in [-0.3, -0.25) is 8.98 Å². The smallest absolute Gasteiger partial charge is 0.302 e. The molecular weight excluding hydrogens is 371 g/mol. The van der Waals surface area contributed by atoms with Gasteiger partial charge in [0.15, 0.2) is 0 Å². The van der Waals surface area contributed by atoms with E-state index in [9.17, 15) is 17.6 Å². The molecule has 1 aliphatic rings. The van der Waals surface area contributed by atoms with Crippen LogP contribution in [0.3, 0.4) is 0 Å². The monoisotopic (exact) mass is 392 g/mol. The lowest BCUT2D eigenvalue weighted by Crippen LogP contribution is -2.23. The average molecular weight is 392 g/mol. The molecule has 2 aromatic carbocycles. The first-order valence-electron chi connectivity index (χ1n) is 8.58. The molecule has 1 saturated carbocycles. The van der Waals surface area contributed by atoms with Gasteiger partial charge < -0.3 is 4.74 Å². The molecular formula is C20H21FO5S. The number of ether oxygens (including phenoxy) is 1. The average Bonchev–Trinajstić information content (AvgIpc) is 3.33. The van der Waals surface area contributed by atoms with Crippen molar-refractivity contribution in [2.45, 2.75) is 30.6 Å². The van der Waals surface area contributed by atoms with E-state index in [0.717, 1.165) is 5.56 Å². The molecule has 0 heterocycles. The van der Waals surface area contributed by atoms with Crippen molar-refractivity contribution in [2.24, 2.45) is 5.92 Å². The van der Waals surface area contributed by atoms with Crippen molar-refractivity contribution in [3.05, 3.63) is 65.5 Å². The van der Waals surface area contributed by atoms with Gasteiger partial charge in [-0.1, -0.05) is 29.8 Å². The van der Waals surface area contributed by atoms with Crippen LogP contribution in [0.15, 0.2) is 53.4 Å². The molecule has 2 aromatic rings. The minimum atomic E-state index is -3.94. The third kappa shape index (κ3) is 4.36. The van der Waals surface area contributed by atoms with Gasteiger partial charge in [-0.25, -0.2) is 4.39 Å². The maximum absolute atomic E-state index is 13.7. The number of aryl methyl sites for hydroxylation is 1. The first-order chi connectivity index (χ1) is 12.7. The molecule has 1 fully saturated rings. The Morgan fingerprint density at radius 3 is 2.56 bits per heavy atom. The number of hydrogen-bond acceptors (Lipinski definition) is 5. The lowest BCUT2D eigenvalue weighted by molar-refractivity contribution is -0.141. The highest BCUT2D eigenvalue weighted by atomic mass is 32.2. The van der Waals surface area contributed by atoms with E-state index in [0.29, 0.717) is 12.0 Å². The summed E-state index contributed by atoms with van der Waals surface area (Å²) in [5.41, 5.74) is 0.877. The number of halogens is 1. The highest BCUT2D eigenvalue weighted by Gasteiger charge is 2.56. The molecule has 7 heteroatoms. The van der Waals surface area contributed by atoms with Crippen LogP contribution in [0.2, 0.25) is 0 Å². The molecule has 3 rings (SSSR count). The molecule has 0 amide bonds. The largest absolute Gasteiger partial charge is 0.466 e. The maximum atomic E-state index is 13.7. The summed E-state index contributed by atoms with van der Waals surface area (Å²) in [7, 11) is -3.94. The second-order valence-electron chi connectivity index (χ2n) is 6.90. The van der Waals surface area contributed by atoms with Gasteiger partial charge in [0.05, 0.1) is 18.1 Å². The highest BCUT2D eigenvalue weighted by Crippen LogP contribution is 2.55. The fourth-order valence-corrected chi connectivity index (χ4v) is 4.16. The van der Waals surface area contributed by atoms with E-state index in [1.54, 1.807) is 24.3 Å². The number of rotatable bonds is 7. The molecule has 27 heavy (non-hydrogen) atoms. The Balaban J connectivity index is 1.80. The highest BCUT2D eigenvalue weighted by molar-refractivity contribution is 7.86. The summed E-state index contributed by atoms with van der Waals surface area (Å²) in [6.45, 7) is 3.17. The van der Waals surface area contributed by atoms with Gasteiger partial charge in [-0.2, -0.15) is 8.42 Å². The number of carbonyl (C=O) groups excluding carboxylic acids is 1. The van der Waals surface area contributed by atoms with Crippen LogP contribution in [0.4, 0.5) is 4.39 Å². The van der Waals surface area contributed by atoms with E-state index in [4.69, 9.17) is 8.92 Å². The van der Waals surface area contributed by atoms with Gasteiger partial charge in [0.25, 0.3) is 10.1 Å². The van der Waals surface area contributed by atoms with E-state index < -0.39 is 27.3 Å². The van der Waals surface area contributed by atoms with Crippen molar-refractivity contribution in [1.29, 1.82) is 0 Å². The van der Waals surface area contributed by atoms with Crippen LogP contribution in [-0.2, 0) is 29.2 Å². The minimum Gasteiger partial charge on any atom is -0.466 e. The van der Waals surface area contributed by atoms with E-state index >= 15 is 0 Å². The Bertz CT molecular complexity index is 939. The number of esters is 1. The van der Waals surface area contributed by atoms with Gasteiger partial charge in [0, 0.05) is 18.3 Å². The van der Waals surface area contributed by atoms with Gasteiger partial charge in [-0.15, -0.1) is 0 Å². The SMILES string of the molecule is CC(=O)OC[C@H]1C[C@@]1(COS(=O)(=O)c1ccc(C)cc1)c1cccc(F)c1. The Morgan fingerprint density at radius 2 is 1.93 bits per heavy atom. The number of hydrogen-bond donors (Lipinski definition) is 0. The minimum absolute atomic E-state index is 0.0691. The van der Waals surface area contributed by atoms with Crippen LogP contribution < -0.4 is 0 Å². The van der Waals surface area contributed by atoms with Crippen molar-refractivity contribution in [3.8, 4) is 0 Å². The molecule has 0 unspecified atom stereocenters. The fourth-order valence-electron chi connectivity index (χ4n) is 3.18. The van der Waals surface area contributed by atoms with Crippen LogP contribution >= 0.6 is 0 Å². The molecule has 1 aliphatic carbocycles. The summed E-state index contributed by atoms with van der Waals surface area (Å²) in [5.74, 6) is -0.953. The molecule has 0 saturated heterocycles. The molecule has 0 N–H and O–H groups in total. The van der Waals surface area contributed by atoms with Crippen molar-refractivity contribution in [1.82, 2.24) is 0 Å². The van der Waals surface area contributed by atoms with E-state index in [1.807, 2.05) is 6.92 Å². The normalized spacial score (nSPS) is 21.7. The summed E-state index contributed by atoms with van der Waals surface area (Å²) in [6, 6.07) is 12.4. The zero-order chi connectivity index (χ0) is 19.7. The molecule has 0 bridgehead atoms. The summed E-state index contributed by atoms with van der Waals surface area (Å²) in [5, 5.41) is 0. The van der Waals surface area contributed by atoms with Crippen LogP contribution in [0.25, 0.3) is 0 Å². The molecule has 0 spiro atoms. The molecule has 0 radical (unpaired) electrons. The van der Waals surface area contributed by atoms with Gasteiger partial charge >= 0.3 is 5.97 Å². The lowest BCUT2D eigenvalue weighted by atomic mass is 9.94. The Labute approximate surface area is 158 Å². The molecule has 144 valence electrons. The maximum Gasteiger partial charge on any atom is 0.302 e. The van der Waals surface area contributed by atoms with Crippen molar-refractivity contribution in [2.75, 3.05) is 13.2 Å². The van der Waals surface area contributed by atoms with Crippen LogP contribution in [0.1, 0.15) is 24.5 Å². The topological polar surface area (TPSA) is 69.7 Å². The Kier molecular flexibility index (Phi) is 5.35. The summed E-state index contributed by atoms with van der Waals surface area (Å²) in [6.07, 6.45) is 0.549. The predicted molar refractivity (Wildman–Crippen MR) is 97.1 cm³/mol. The van der Waals surface area contributed by atoms with Gasteiger partial charge in [0.2, 0.25) is 0 Å². The van der Waals surface area contributed by atoms with Crippen LogP contribution in [0.5, 0.6) is 0 Å². The molecule has 2 atom stereocenters. The molecule has 5 nitrogen and oxygen atoms in total. The third-order valence-corrected chi connectivity index (χ3v) is 6.18. The lowest BCUT2D eigenvalue weighted by Gasteiger charge is -2.18. The molecule has 0 aromatic heterocycles. The first-order valence-corrected chi connectivity index (χ1v) is 9.99. The zero-order valence-electron chi connectivity index (χ0n) is 15.1. The Morgan fingerprint density at radius 1 is 1.22 bits per heavy atom. The standard InChI is InChI=1S/C20H21FO5S/c1-14-6-8-19(9-7-14)27(23,24)26-13-20(11-17(20)12-25-15(2)22)16-4-3-5-18(21)10-16/h3-10,17H,11-13H2,1-2H3/t17-,20-/m1/s1. The number of benzene rings is 2. The third-order valence-electron chi connectivity index (χ3n) is 4.90. The Hall–Kier alpha value is -2.25.